The number of nitrogens with zero attached hydrogens (tertiary/aromatic N) is 2. The highest BCUT2D eigenvalue weighted by Gasteiger charge is 2.19. The number of fused-ring (bicyclic) bond motifs is 2. The lowest BCUT2D eigenvalue weighted by atomic mass is 10.0. The van der Waals surface area contributed by atoms with Gasteiger partial charge in [0, 0.05) is 12.0 Å². The van der Waals surface area contributed by atoms with Gasteiger partial charge in [0.1, 0.15) is 16.5 Å². The molecule has 0 spiro atoms. The standard InChI is InChI=1S/C25H19N3O2S2/c26-15-24(29)32-25-18(12-16-6-2-1-3-7-16)13-19(27-28-25)17-10-11-21-23(14-17)31-22-9-5-4-8-20(22)30-21/h1-11,13-14H,12,15,26H2. The van der Waals surface area contributed by atoms with E-state index in [1.54, 1.807) is 11.8 Å². The van der Waals surface area contributed by atoms with Crippen molar-refractivity contribution in [2.24, 2.45) is 5.73 Å². The lowest BCUT2D eigenvalue weighted by molar-refractivity contribution is -0.109. The molecule has 5 nitrogen and oxygen atoms in total. The second-order valence-electron chi connectivity index (χ2n) is 7.21. The van der Waals surface area contributed by atoms with Crippen LogP contribution in [0.2, 0.25) is 0 Å². The van der Waals surface area contributed by atoms with Crippen LogP contribution in [0.5, 0.6) is 11.5 Å². The van der Waals surface area contributed by atoms with E-state index >= 15 is 0 Å². The fraction of sp³-hybridized carbons (Fsp3) is 0.0800. The summed E-state index contributed by atoms with van der Waals surface area (Å²) in [5.74, 6) is 1.70. The summed E-state index contributed by atoms with van der Waals surface area (Å²) in [7, 11) is 0. The van der Waals surface area contributed by atoms with Crippen molar-refractivity contribution in [3.05, 3.63) is 90.0 Å². The number of aromatic nitrogens is 2. The van der Waals surface area contributed by atoms with Crippen LogP contribution < -0.4 is 10.5 Å². The molecule has 3 aromatic carbocycles. The highest BCUT2D eigenvalue weighted by Crippen LogP contribution is 2.47. The van der Waals surface area contributed by atoms with Crippen LogP contribution in [0, 0.1) is 0 Å². The van der Waals surface area contributed by atoms with Crippen molar-refractivity contribution in [2.45, 2.75) is 21.2 Å². The molecule has 4 aromatic rings. The lowest BCUT2D eigenvalue weighted by Crippen LogP contribution is -2.10. The monoisotopic (exact) mass is 457 g/mol. The number of thioether (sulfide) groups is 1. The highest BCUT2D eigenvalue weighted by atomic mass is 32.2. The summed E-state index contributed by atoms with van der Waals surface area (Å²) in [6.45, 7) is -0.0393. The molecular formula is C25H19N3O2S2. The number of para-hydroxylation sites is 1. The first kappa shape index (κ1) is 20.8. The molecule has 0 bridgehead atoms. The quantitative estimate of drug-likeness (QED) is 0.346. The van der Waals surface area contributed by atoms with Gasteiger partial charge >= 0.3 is 0 Å². The Labute approximate surface area is 194 Å². The van der Waals surface area contributed by atoms with Gasteiger partial charge in [-0.25, -0.2) is 0 Å². The van der Waals surface area contributed by atoms with Crippen molar-refractivity contribution in [1.82, 2.24) is 10.2 Å². The van der Waals surface area contributed by atoms with E-state index in [1.807, 2.05) is 60.7 Å². The van der Waals surface area contributed by atoms with Crippen LogP contribution >= 0.6 is 23.5 Å². The maximum absolute atomic E-state index is 12.0. The van der Waals surface area contributed by atoms with Crippen LogP contribution in [-0.2, 0) is 11.2 Å². The Morgan fingerprint density at radius 2 is 1.69 bits per heavy atom. The molecule has 5 rings (SSSR count). The van der Waals surface area contributed by atoms with E-state index in [9.17, 15) is 4.79 Å². The second kappa shape index (κ2) is 9.16. The van der Waals surface area contributed by atoms with Gasteiger partial charge in [-0.1, -0.05) is 54.2 Å². The van der Waals surface area contributed by atoms with Gasteiger partial charge in [-0.15, -0.1) is 10.2 Å². The molecule has 2 N–H and O–H groups in total. The SMILES string of the molecule is NCC(=O)Sc1nnc(-c2ccc3c(c2)Sc2ccccc2O3)cc1Cc1ccccc1. The fourth-order valence-corrected chi connectivity index (χ4v) is 5.06. The summed E-state index contributed by atoms with van der Waals surface area (Å²) in [6.07, 6.45) is 0.653. The van der Waals surface area contributed by atoms with E-state index in [0.29, 0.717) is 11.4 Å². The van der Waals surface area contributed by atoms with Gasteiger partial charge in [0.2, 0.25) is 5.12 Å². The molecule has 7 heteroatoms. The Morgan fingerprint density at radius 3 is 2.53 bits per heavy atom. The number of hydrogen-bond acceptors (Lipinski definition) is 7. The van der Waals surface area contributed by atoms with E-state index in [0.717, 1.165) is 55.4 Å². The van der Waals surface area contributed by atoms with Crippen molar-refractivity contribution >= 4 is 28.6 Å². The van der Waals surface area contributed by atoms with Crippen LogP contribution in [0.3, 0.4) is 0 Å². The molecule has 1 aromatic heterocycles. The smallest absolute Gasteiger partial charge is 0.208 e. The molecule has 0 radical (unpaired) electrons. The van der Waals surface area contributed by atoms with E-state index in [2.05, 4.69) is 28.4 Å². The Morgan fingerprint density at radius 1 is 0.906 bits per heavy atom. The zero-order valence-corrected chi connectivity index (χ0v) is 18.7. The molecule has 0 amide bonds. The largest absolute Gasteiger partial charge is 0.455 e. The Kier molecular flexibility index (Phi) is 5.94. The average Bonchev–Trinajstić information content (AvgIpc) is 2.84. The molecule has 158 valence electrons. The van der Waals surface area contributed by atoms with Gasteiger partial charge in [0.25, 0.3) is 0 Å². The molecule has 0 saturated heterocycles. The number of carbonyl (C=O) groups is 1. The minimum Gasteiger partial charge on any atom is -0.455 e. The topological polar surface area (TPSA) is 78.1 Å². The van der Waals surface area contributed by atoms with Crippen molar-refractivity contribution in [2.75, 3.05) is 6.54 Å². The van der Waals surface area contributed by atoms with Gasteiger partial charge in [0.15, 0.2) is 0 Å². The third-order valence-corrected chi connectivity index (χ3v) is 7.00. The van der Waals surface area contributed by atoms with Crippen LogP contribution in [-0.4, -0.2) is 21.9 Å². The van der Waals surface area contributed by atoms with Gasteiger partial charge in [-0.05, 0) is 59.3 Å². The van der Waals surface area contributed by atoms with Crippen LogP contribution in [0.25, 0.3) is 11.3 Å². The van der Waals surface area contributed by atoms with E-state index in [-0.39, 0.29) is 11.7 Å². The number of carbonyl (C=O) groups excluding carboxylic acids is 1. The number of nitrogens with two attached hydrogens (primary N) is 1. The summed E-state index contributed by atoms with van der Waals surface area (Å²) in [4.78, 5) is 14.1. The summed E-state index contributed by atoms with van der Waals surface area (Å²) in [5, 5.41) is 9.26. The zero-order chi connectivity index (χ0) is 21.9. The maximum Gasteiger partial charge on any atom is 0.208 e. The minimum absolute atomic E-state index is 0.0393. The Balaban J connectivity index is 1.50. The van der Waals surface area contributed by atoms with Crippen LogP contribution in [0.1, 0.15) is 11.1 Å². The molecule has 0 unspecified atom stereocenters. The minimum atomic E-state index is -0.137. The molecule has 0 atom stereocenters. The number of hydrogen-bond donors (Lipinski definition) is 1. The fourth-order valence-electron chi connectivity index (χ4n) is 3.43. The molecule has 1 aliphatic rings. The van der Waals surface area contributed by atoms with E-state index < -0.39 is 0 Å². The van der Waals surface area contributed by atoms with Gasteiger partial charge in [0.05, 0.1) is 22.0 Å². The normalized spacial score (nSPS) is 11.9. The first-order chi connectivity index (χ1) is 15.7. The highest BCUT2D eigenvalue weighted by molar-refractivity contribution is 8.13. The molecule has 0 saturated carbocycles. The van der Waals surface area contributed by atoms with Gasteiger partial charge < -0.3 is 10.5 Å². The van der Waals surface area contributed by atoms with Crippen LogP contribution in [0.4, 0.5) is 0 Å². The summed E-state index contributed by atoms with van der Waals surface area (Å²) in [5.41, 5.74) is 9.29. The summed E-state index contributed by atoms with van der Waals surface area (Å²) in [6, 6.07) is 26.1. The zero-order valence-electron chi connectivity index (χ0n) is 17.0. The summed E-state index contributed by atoms with van der Waals surface area (Å²) >= 11 is 2.72. The Bertz CT molecular complexity index is 1300. The van der Waals surface area contributed by atoms with Gasteiger partial charge in [-0.3, -0.25) is 4.79 Å². The average molecular weight is 458 g/mol. The molecular weight excluding hydrogens is 438 g/mol. The molecule has 1 aliphatic heterocycles. The van der Waals surface area contributed by atoms with Crippen LogP contribution in [0.15, 0.2) is 93.7 Å². The van der Waals surface area contributed by atoms with Crippen molar-refractivity contribution in [3.8, 4) is 22.8 Å². The van der Waals surface area contributed by atoms with Crippen molar-refractivity contribution < 1.29 is 9.53 Å². The maximum atomic E-state index is 12.0. The Hall–Kier alpha value is -3.13. The number of ether oxygens (including phenoxy) is 1. The van der Waals surface area contributed by atoms with E-state index in [4.69, 9.17) is 10.5 Å². The third-order valence-electron chi connectivity index (χ3n) is 4.98. The number of rotatable bonds is 5. The van der Waals surface area contributed by atoms with E-state index in [1.165, 1.54) is 0 Å². The first-order valence-electron chi connectivity index (χ1n) is 10.1. The molecule has 32 heavy (non-hydrogen) atoms. The second-order valence-corrected chi connectivity index (χ2v) is 9.34. The predicted octanol–water partition coefficient (Wildman–Crippen LogP) is 5.57. The molecule has 0 aliphatic carbocycles. The van der Waals surface area contributed by atoms with Crippen molar-refractivity contribution in [3.63, 3.8) is 0 Å². The third kappa shape index (κ3) is 4.41. The summed E-state index contributed by atoms with van der Waals surface area (Å²) < 4.78 is 6.04. The van der Waals surface area contributed by atoms with Crippen molar-refractivity contribution in [1.29, 1.82) is 0 Å². The molecule has 0 fully saturated rings. The first-order valence-corrected chi connectivity index (χ1v) is 11.7. The lowest BCUT2D eigenvalue weighted by Gasteiger charge is -2.20. The molecule has 2 heterocycles. The predicted molar refractivity (Wildman–Crippen MR) is 127 cm³/mol. The van der Waals surface area contributed by atoms with Gasteiger partial charge in [-0.2, -0.15) is 0 Å². The number of benzene rings is 3.